The summed E-state index contributed by atoms with van der Waals surface area (Å²) in [5, 5.41) is 2.83. The van der Waals surface area contributed by atoms with Gasteiger partial charge in [-0.2, -0.15) is 0 Å². The molecule has 27 heavy (non-hydrogen) atoms. The van der Waals surface area contributed by atoms with Gasteiger partial charge in [0.1, 0.15) is 23.9 Å². The third-order valence-corrected chi connectivity index (χ3v) is 4.05. The first-order chi connectivity index (χ1) is 13.2. The average molecular weight is 365 g/mol. The van der Waals surface area contributed by atoms with Crippen LogP contribution in [0.25, 0.3) is 0 Å². The van der Waals surface area contributed by atoms with Gasteiger partial charge < -0.3 is 14.8 Å². The fourth-order valence-electron chi connectivity index (χ4n) is 2.60. The van der Waals surface area contributed by atoms with E-state index in [1.807, 2.05) is 30.3 Å². The zero-order chi connectivity index (χ0) is 19.1. The first-order valence-corrected chi connectivity index (χ1v) is 8.53. The van der Waals surface area contributed by atoms with Crippen LogP contribution < -0.4 is 14.8 Å². The highest BCUT2D eigenvalue weighted by molar-refractivity contribution is 5.94. The van der Waals surface area contributed by atoms with Crippen molar-refractivity contribution in [3.8, 4) is 11.5 Å². The zero-order valence-electron chi connectivity index (χ0n) is 14.9. The summed E-state index contributed by atoms with van der Waals surface area (Å²) in [6.45, 7) is 0.604. The summed E-state index contributed by atoms with van der Waals surface area (Å²) in [4.78, 5) is 12.4. The van der Waals surface area contributed by atoms with Crippen LogP contribution in [0, 0.1) is 5.82 Å². The zero-order valence-corrected chi connectivity index (χ0v) is 14.9. The minimum Gasteiger partial charge on any atom is -0.496 e. The summed E-state index contributed by atoms with van der Waals surface area (Å²) in [5.41, 5.74) is 2.10. The van der Waals surface area contributed by atoms with Gasteiger partial charge in [-0.05, 0) is 48.0 Å². The predicted molar refractivity (Wildman–Crippen MR) is 101 cm³/mol. The molecular weight excluding hydrogens is 345 g/mol. The number of hydrogen-bond donors (Lipinski definition) is 1. The van der Waals surface area contributed by atoms with Gasteiger partial charge in [-0.1, -0.05) is 30.3 Å². The van der Waals surface area contributed by atoms with Crippen LogP contribution in [0.5, 0.6) is 11.5 Å². The van der Waals surface area contributed by atoms with Gasteiger partial charge in [-0.15, -0.1) is 0 Å². The maximum atomic E-state index is 13.0. The van der Waals surface area contributed by atoms with Gasteiger partial charge in [-0.25, -0.2) is 4.39 Å². The van der Waals surface area contributed by atoms with E-state index >= 15 is 0 Å². The first kappa shape index (κ1) is 18.5. The van der Waals surface area contributed by atoms with Crippen LogP contribution in [0.3, 0.4) is 0 Å². The number of amides is 1. The van der Waals surface area contributed by atoms with E-state index in [0.29, 0.717) is 17.9 Å². The lowest BCUT2D eigenvalue weighted by atomic mass is 10.1. The van der Waals surface area contributed by atoms with Gasteiger partial charge in [0.25, 0.3) is 5.91 Å². The van der Waals surface area contributed by atoms with Crippen molar-refractivity contribution in [3.63, 3.8) is 0 Å². The predicted octanol–water partition coefficient (Wildman–Crippen LogP) is 4.34. The van der Waals surface area contributed by atoms with Crippen LogP contribution in [-0.2, 0) is 13.2 Å². The molecule has 1 amide bonds. The van der Waals surface area contributed by atoms with E-state index in [-0.39, 0.29) is 18.3 Å². The Morgan fingerprint density at radius 1 is 1.00 bits per heavy atom. The second-order valence-electron chi connectivity index (χ2n) is 5.94. The molecule has 0 heterocycles. The third kappa shape index (κ3) is 5.07. The summed E-state index contributed by atoms with van der Waals surface area (Å²) < 4.78 is 24.1. The number of rotatable bonds is 7. The molecule has 3 aromatic rings. The molecule has 3 rings (SSSR count). The van der Waals surface area contributed by atoms with Crippen molar-refractivity contribution in [2.45, 2.75) is 13.2 Å². The van der Waals surface area contributed by atoms with E-state index < -0.39 is 0 Å². The Morgan fingerprint density at radius 2 is 1.74 bits per heavy atom. The van der Waals surface area contributed by atoms with Crippen LogP contribution in [0.4, 0.5) is 4.39 Å². The Kier molecular flexibility index (Phi) is 6.05. The summed E-state index contributed by atoms with van der Waals surface area (Å²) in [6.07, 6.45) is 0. The van der Waals surface area contributed by atoms with Crippen LogP contribution in [-0.4, -0.2) is 13.0 Å². The van der Waals surface area contributed by atoms with E-state index in [1.54, 1.807) is 37.4 Å². The molecule has 1 N–H and O–H groups in total. The molecule has 5 heteroatoms. The number of para-hydroxylation sites is 1. The largest absolute Gasteiger partial charge is 0.496 e. The molecule has 0 unspecified atom stereocenters. The molecule has 0 spiro atoms. The van der Waals surface area contributed by atoms with Crippen LogP contribution in [0.2, 0.25) is 0 Å². The monoisotopic (exact) mass is 365 g/mol. The van der Waals surface area contributed by atoms with Gasteiger partial charge >= 0.3 is 0 Å². The number of halogens is 1. The second kappa shape index (κ2) is 8.85. The van der Waals surface area contributed by atoms with Gasteiger partial charge in [0.05, 0.1) is 7.11 Å². The third-order valence-electron chi connectivity index (χ3n) is 4.05. The average Bonchev–Trinajstić information content (AvgIpc) is 2.72. The van der Waals surface area contributed by atoms with Crippen LogP contribution in [0.15, 0.2) is 72.8 Å². The standard InChI is InChI=1S/C22H20FNO3/c1-26-21-12-9-17(13-18(21)15-27-20-5-3-2-4-6-20)22(25)24-14-16-7-10-19(23)11-8-16/h2-13H,14-15H2,1H3,(H,24,25). The Hall–Kier alpha value is -3.34. The van der Waals surface area contributed by atoms with E-state index in [4.69, 9.17) is 9.47 Å². The Labute approximate surface area is 157 Å². The quantitative estimate of drug-likeness (QED) is 0.677. The minimum atomic E-state index is -0.303. The van der Waals surface area contributed by atoms with Gasteiger partial charge in [0.2, 0.25) is 0 Å². The van der Waals surface area contributed by atoms with Gasteiger partial charge in [-0.3, -0.25) is 4.79 Å². The summed E-state index contributed by atoms with van der Waals surface area (Å²) in [6, 6.07) is 20.7. The maximum absolute atomic E-state index is 13.0. The molecule has 0 aliphatic carbocycles. The molecule has 0 bridgehead atoms. The molecule has 0 aromatic heterocycles. The number of ether oxygens (including phenoxy) is 2. The summed E-state index contributed by atoms with van der Waals surface area (Å²) >= 11 is 0. The SMILES string of the molecule is COc1ccc(C(=O)NCc2ccc(F)cc2)cc1COc1ccccc1. The van der Waals surface area contributed by atoms with Crippen LogP contribution in [0.1, 0.15) is 21.5 Å². The van der Waals surface area contributed by atoms with Crippen molar-refractivity contribution in [2.75, 3.05) is 7.11 Å². The van der Waals surface area contributed by atoms with Crippen LogP contribution >= 0.6 is 0 Å². The lowest BCUT2D eigenvalue weighted by Crippen LogP contribution is -2.23. The number of benzene rings is 3. The second-order valence-corrected chi connectivity index (χ2v) is 5.94. The molecular formula is C22H20FNO3. The molecule has 138 valence electrons. The van der Waals surface area contributed by atoms with Crippen molar-refractivity contribution < 1.29 is 18.7 Å². The molecule has 3 aromatic carbocycles. The Balaban J connectivity index is 1.67. The highest BCUT2D eigenvalue weighted by atomic mass is 19.1. The van der Waals surface area contributed by atoms with Gasteiger partial charge in [0.15, 0.2) is 0 Å². The lowest BCUT2D eigenvalue weighted by molar-refractivity contribution is 0.0950. The Morgan fingerprint density at radius 3 is 2.44 bits per heavy atom. The number of methoxy groups -OCH3 is 1. The molecule has 0 saturated carbocycles. The fraction of sp³-hybridized carbons (Fsp3) is 0.136. The molecule has 0 saturated heterocycles. The van der Waals surface area contributed by atoms with E-state index in [1.165, 1.54) is 12.1 Å². The van der Waals surface area contributed by atoms with Crippen molar-refractivity contribution in [1.82, 2.24) is 5.32 Å². The fourth-order valence-corrected chi connectivity index (χ4v) is 2.60. The molecule has 0 aliphatic heterocycles. The maximum Gasteiger partial charge on any atom is 0.251 e. The highest BCUT2D eigenvalue weighted by Gasteiger charge is 2.11. The lowest BCUT2D eigenvalue weighted by Gasteiger charge is -2.12. The number of nitrogens with one attached hydrogen (secondary N) is 1. The number of hydrogen-bond acceptors (Lipinski definition) is 3. The van der Waals surface area contributed by atoms with Crippen molar-refractivity contribution in [3.05, 3.63) is 95.3 Å². The Bertz CT molecular complexity index is 895. The summed E-state index contributed by atoms with van der Waals surface area (Å²) in [7, 11) is 1.58. The topological polar surface area (TPSA) is 47.6 Å². The molecule has 0 atom stereocenters. The number of carbonyl (C=O) groups excluding carboxylic acids is 1. The van der Waals surface area contributed by atoms with Crippen molar-refractivity contribution in [2.24, 2.45) is 0 Å². The number of carbonyl (C=O) groups is 1. The van der Waals surface area contributed by atoms with Gasteiger partial charge in [0, 0.05) is 17.7 Å². The minimum absolute atomic E-state index is 0.220. The molecule has 0 aliphatic rings. The van der Waals surface area contributed by atoms with E-state index in [9.17, 15) is 9.18 Å². The van der Waals surface area contributed by atoms with E-state index in [0.717, 1.165) is 16.9 Å². The molecule has 0 radical (unpaired) electrons. The van der Waals surface area contributed by atoms with Crippen molar-refractivity contribution >= 4 is 5.91 Å². The smallest absolute Gasteiger partial charge is 0.251 e. The van der Waals surface area contributed by atoms with Crippen molar-refractivity contribution in [1.29, 1.82) is 0 Å². The molecule has 4 nitrogen and oxygen atoms in total. The van der Waals surface area contributed by atoms with E-state index in [2.05, 4.69) is 5.32 Å². The summed E-state index contributed by atoms with van der Waals surface area (Å²) in [5.74, 6) is 0.873. The highest BCUT2D eigenvalue weighted by Crippen LogP contribution is 2.22. The molecule has 0 fully saturated rings. The first-order valence-electron chi connectivity index (χ1n) is 8.53. The normalized spacial score (nSPS) is 10.3.